The van der Waals surface area contributed by atoms with Crippen LogP contribution in [0.3, 0.4) is 0 Å². The number of aromatic nitrogens is 4. The normalized spacial score (nSPS) is 10.7. The third-order valence-electron chi connectivity index (χ3n) is 3.18. The van der Waals surface area contributed by atoms with Gasteiger partial charge in [-0.1, -0.05) is 50.4 Å². The lowest BCUT2D eigenvalue weighted by Gasteiger charge is -1.98. The molecule has 0 aliphatic carbocycles. The molecule has 0 saturated carbocycles. The SMILES string of the molecule is CCCCCCCCc1nnc(NC(=O)c2ccn[nH]2)s1. The highest BCUT2D eigenvalue weighted by Gasteiger charge is 2.10. The van der Waals surface area contributed by atoms with Crippen molar-refractivity contribution in [1.82, 2.24) is 20.4 Å². The summed E-state index contributed by atoms with van der Waals surface area (Å²) in [6, 6.07) is 1.62. The Bertz CT molecular complexity index is 537. The zero-order valence-corrected chi connectivity index (χ0v) is 13.1. The maximum Gasteiger partial charge on any atom is 0.275 e. The summed E-state index contributed by atoms with van der Waals surface area (Å²) < 4.78 is 0. The average Bonchev–Trinajstić information content (AvgIpc) is 3.14. The Balaban J connectivity index is 1.70. The van der Waals surface area contributed by atoms with E-state index in [4.69, 9.17) is 0 Å². The Labute approximate surface area is 128 Å². The first kappa shape index (κ1) is 15.6. The van der Waals surface area contributed by atoms with E-state index in [-0.39, 0.29) is 5.91 Å². The van der Waals surface area contributed by atoms with E-state index < -0.39 is 0 Å². The topological polar surface area (TPSA) is 83.6 Å². The highest BCUT2D eigenvalue weighted by molar-refractivity contribution is 7.15. The largest absolute Gasteiger partial charge is 0.295 e. The van der Waals surface area contributed by atoms with E-state index >= 15 is 0 Å². The van der Waals surface area contributed by atoms with Gasteiger partial charge in [-0.05, 0) is 12.5 Å². The summed E-state index contributed by atoms with van der Waals surface area (Å²) >= 11 is 1.44. The second-order valence-corrected chi connectivity index (χ2v) is 6.01. The van der Waals surface area contributed by atoms with E-state index in [1.165, 1.54) is 43.4 Å². The third-order valence-corrected chi connectivity index (χ3v) is 4.08. The molecule has 0 fully saturated rings. The van der Waals surface area contributed by atoms with Crippen molar-refractivity contribution in [3.8, 4) is 0 Å². The Morgan fingerprint density at radius 3 is 2.81 bits per heavy atom. The minimum atomic E-state index is -0.241. The van der Waals surface area contributed by atoms with Crippen LogP contribution in [0, 0.1) is 0 Å². The second kappa shape index (κ2) is 8.51. The number of hydrogen-bond donors (Lipinski definition) is 2. The van der Waals surface area contributed by atoms with Crippen molar-refractivity contribution in [3.63, 3.8) is 0 Å². The molecule has 0 atom stereocenters. The van der Waals surface area contributed by atoms with E-state index in [0.29, 0.717) is 10.8 Å². The fourth-order valence-corrected chi connectivity index (χ4v) is 2.79. The quantitative estimate of drug-likeness (QED) is 0.695. The summed E-state index contributed by atoms with van der Waals surface area (Å²) in [4.78, 5) is 11.8. The van der Waals surface area contributed by atoms with Gasteiger partial charge in [-0.15, -0.1) is 10.2 Å². The van der Waals surface area contributed by atoms with Crippen molar-refractivity contribution in [3.05, 3.63) is 23.0 Å². The lowest BCUT2D eigenvalue weighted by Crippen LogP contribution is -2.12. The number of aromatic amines is 1. The van der Waals surface area contributed by atoms with Crippen LogP contribution in [0.5, 0.6) is 0 Å². The number of nitrogens with one attached hydrogen (secondary N) is 2. The van der Waals surface area contributed by atoms with Crippen LogP contribution in [0.1, 0.15) is 60.9 Å². The molecule has 2 N–H and O–H groups in total. The second-order valence-electron chi connectivity index (χ2n) is 4.94. The Morgan fingerprint density at radius 2 is 2.05 bits per heavy atom. The molecule has 2 rings (SSSR count). The maximum absolute atomic E-state index is 11.8. The first-order chi connectivity index (χ1) is 10.3. The Kier molecular flexibility index (Phi) is 6.33. The van der Waals surface area contributed by atoms with Crippen LogP contribution in [0.2, 0.25) is 0 Å². The van der Waals surface area contributed by atoms with E-state index in [2.05, 4.69) is 32.6 Å². The molecule has 2 heterocycles. The fourth-order valence-electron chi connectivity index (χ4n) is 2.01. The van der Waals surface area contributed by atoms with Crippen molar-refractivity contribution in [2.24, 2.45) is 0 Å². The number of H-pyrrole nitrogens is 1. The van der Waals surface area contributed by atoms with Crippen molar-refractivity contribution in [2.75, 3.05) is 5.32 Å². The Hall–Kier alpha value is -1.76. The standard InChI is InChI=1S/C14H21N5OS/c1-2-3-4-5-6-7-8-12-18-19-14(21-12)16-13(20)11-9-10-15-17-11/h9-10H,2-8H2,1H3,(H,15,17)(H,16,19,20). The van der Waals surface area contributed by atoms with E-state index in [1.54, 1.807) is 12.3 Å². The number of amides is 1. The number of unbranched alkanes of at least 4 members (excludes halogenated alkanes) is 5. The molecule has 0 aromatic carbocycles. The number of rotatable bonds is 9. The van der Waals surface area contributed by atoms with E-state index in [1.807, 2.05) is 0 Å². The predicted molar refractivity (Wildman–Crippen MR) is 83.5 cm³/mol. The van der Waals surface area contributed by atoms with Gasteiger partial charge in [0.25, 0.3) is 5.91 Å². The van der Waals surface area contributed by atoms with Crippen LogP contribution in [-0.2, 0) is 6.42 Å². The maximum atomic E-state index is 11.8. The van der Waals surface area contributed by atoms with Gasteiger partial charge < -0.3 is 0 Å². The number of hydrogen-bond acceptors (Lipinski definition) is 5. The molecule has 2 aromatic rings. The highest BCUT2D eigenvalue weighted by Crippen LogP contribution is 2.18. The monoisotopic (exact) mass is 307 g/mol. The van der Waals surface area contributed by atoms with Crippen molar-refractivity contribution in [2.45, 2.75) is 51.9 Å². The van der Waals surface area contributed by atoms with Crippen LogP contribution in [0.15, 0.2) is 12.3 Å². The van der Waals surface area contributed by atoms with Crippen molar-refractivity contribution in [1.29, 1.82) is 0 Å². The number of aryl methyl sites for hydroxylation is 1. The summed E-state index contributed by atoms with van der Waals surface area (Å²) in [5, 5.41) is 18.7. The molecule has 114 valence electrons. The molecule has 0 saturated heterocycles. The van der Waals surface area contributed by atoms with Crippen molar-refractivity contribution >= 4 is 22.4 Å². The fraction of sp³-hybridized carbons (Fsp3) is 0.571. The van der Waals surface area contributed by atoms with E-state index in [0.717, 1.165) is 17.8 Å². The van der Waals surface area contributed by atoms with Crippen LogP contribution in [0.25, 0.3) is 0 Å². The van der Waals surface area contributed by atoms with Gasteiger partial charge in [-0.3, -0.25) is 15.2 Å². The average molecular weight is 307 g/mol. The minimum Gasteiger partial charge on any atom is -0.295 e. The van der Waals surface area contributed by atoms with Gasteiger partial charge in [0.2, 0.25) is 5.13 Å². The van der Waals surface area contributed by atoms with Gasteiger partial charge in [0.1, 0.15) is 10.7 Å². The van der Waals surface area contributed by atoms with Gasteiger partial charge in [0, 0.05) is 12.6 Å². The molecule has 7 heteroatoms. The summed E-state index contributed by atoms with van der Waals surface area (Å²) in [6.45, 7) is 2.22. The minimum absolute atomic E-state index is 0.241. The molecule has 0 aliphatic heterocycles. The molecule has 21 heavy (non-hydrogen) atoms. The molecule has 0 radical (unpaired) electrons. The number of carbonyl (C=O) groups excluding carboxylic acids is 1. The van der Waals surface area contributed by atoms with Gasteiger partial charge in [0.05, 0.1) is 0 Å². The van der Waals surface area contributed by atoms with Gasteiger partial charge in [-0.2, -0.15) is 5.10 Å². The number of carbonyl (C=O) groups is 1. The lowest BCUT2D eigenvalue weighted by molar-refractivity contribution is 0.102. The smallest absolute Gasteiger partial charge is 0.275 e. The summed E-state index contributed by atoms with van der Waals surface area (Å²) in [7, 11) is 0. The molecule has 1 amide bonds. The van der Waals surface area contributed by atoms with Crippen LogP contribution >= 0.6 is 11.3 Å². The lowest BCUT2D eigenvalue weighted by atomic mass is 10.1. The zero-order valence-electron chi connectivity index (χ0n) is 12.3. The third kappa shape index (κ3) is 5.26. The highest BCUT2D eigenvalue weighted by atomic mass is 32.1. The molecular weight excluding hydrogens is 286 g/mol. The number of anilines is 1. The van der Waals surface area contributed by atoms with Crippen LogP contribution < -0.4 is 5.32 Å². The molecule has 0 aliphatic rings. The molecule has 0 bridgehead atoms. The van der Waals surface area contributed by atoms with Gasteiger partial charge >= 0.3 is 0 Å². The summed E-state index contributed by atoms with van der Waals surface area (Å²) in [5.41, 5.74) is 0.419. The number of nitrogens with zero attached hydrogens (tertiary/aromatic N) is 3. The molecule has 6 nitrogen and oxygen atoms in total. The van der Waals surface area contributed by atoms with Gasteiger partial charge in [0.15, 0.2) is 0 Å². The first-order valence-electron chi connectivity index (χ1n) is 7.42. The van der Waals surface area contributed by atoms with Crippen molar-refractivity contribution < 1.29 is 4.79 Å². The van der Waals surface area contributed by atoms with Crippen LogP contribution in [-0.4, -0.2) is 26.3 Å². The van der Waals surface area contributed by atoms with Gasteiger partial charge in [-0.25, -0.2) is 0 Å². The molecular formula is C14H21N5OS. The summed E-state index contributed by atoms with van der Waals surface area (Å²) in [6.07, 6.45) is 10.0. The Morgan fingerprint density at radius 1 is 1.24 bits per heavy atom. The van der Waals surface area contributed by atoms with Crippen LogP contribution in [0.4, 0.5) is 5.13 Å². The first-order valence-corrected chi connectivity index (χ1v) is 8.24. The summed E-state index contributed by atoms with van der Waals surface area (Å²) in [5.74, 6) is -0.241. The zero-order chi connectivity index (χ0) is 14.9. The predicted octanol–water partition coefficient (Wildman–Crippen LogP) is 3.42. The molecule has 0 spiro atoms. The molecule has 2 aromatic heterocycles. The van der Waals surface area contributed by atoms with E-state index in [9.17, 15) is 4.79 Å². The molecule has 0 unspecified atom stereocenters.